The van der Waals surface area contributed by atoms with Crippen molar-refractivity contribution in [3.63, 3.8) is 0 Å². The van der Waals surface area contributed by atoms with Crippen LogP contribution >= 0.6 is 46.4 Å². The highest BCUT2D eigenvalue weighted by Crippen LogP contribution is 2.41. The fourth-order valence-corrected chi connectivity index (χ4v) is 4.00. The summed E-state index contributed by atoms with van der Waals surface area (Å²) in [6.07, 6.45) is 3.61. The molecule has 0 aromatic rings. The molecule has 2 aliphatic rings. The van der Waals surface area contributed by atoms with E-state index in [1.807, 2.05) is 34.6 Å². The molecule has 0 aromatic carbocycles. The van der Waals surface area contributed by atoms with Crippen LogP contribution in [0.15, 0.2) is 23.8 Å². The molecule has 1 unspecified atom stereocenters. The van der Waals surface area contributed by atoms with E-state index in [9.17, 15) is 14.4 Å². The van der Waals surface area contributed by atoms with Crippen molar-refractivity contribution in [2.24, 2.45) is 11.3 Å². The number of halogens is 4. The summed E-state index contributed by atoms with van der Waals surface area (Å²) < 4.78 is 8.13. The van der Waals surface area contributed by atoms with Crippen LogP contribution in [0.1, 0.15) is 41.0 Å². The molecule has 1 aliphatic heterocycles. The summed E-state index contributed by atoms with van der Waals surface area (Å²) in [4.78, 5) is 37.3. The van der Waals surface area contributed by atoms with Gasteiger partial charge in [0.15, 0.2) is 8.67 Å². The molecule has 7 nitrogen and oxygen atoms in total. The van der Waals surface area contributed by atoms with Crippen LogP contribution in [-0.2, 0) is 23.7 Å². The summed E-state index contributed by atoms with van der Waals surface area (Å²) in [6, 6.07) is 0. The first-order valence-corrected chi connectivity index (χ1v) is 11.7. The maximum absolute atomic E-state index is 12.6. The molecule has 0 spiro atoms. The lowest BCUT2D eigenvalue weighted by molar-refractivity contribution is -0.139. The third-order valence-electron chi connectivity index (χ3n) is 4.77. The van der Waals surface area contributed by atoms with E-state index in [-0.39, 0.29) is 18.0 Å². The largest absolute Gasteiger partial charge is 0.552 e. The predicted octanol–water partition coefficient (Wildman–Crippen LogP) is 3.49. The number of amides is 2. The molecule has 1 saturated heterocycles. The van der Waals surface area contributed by atoms with Gasteiger partial charge in [-0.2, -0.15) is 0 Å². The molecule has 0 bridgehead atoms. The predicted molar refractivity (Wildman–Crippen MR) is 127 cm³/mol. The van der Waals surface area contributed by atoms with E-state index in [0.717, 1.165) is 0 Å². The van der Waals surface area contributed by atoms with E-state index in [0.29, 0.717) is 6.42 Å². The molecule has 32 heavy (non-hydrogen) atoms. The van der Waals surface area contributed by atoms with Crippen LogP contribution in [0.5, 0.6) is 0 Å². The van der Waals surface area contributed by atoms with Gasteiger partial charge in [0, 0.05) is 0 Å². The number of allylic oxidation sites excluding steroid dienone is 3. The summed E-state index contributed by atoms with van der Waals surface area (Å²) in [7, 11) is -0.925. The first kappa shape index (κ1) is 27.3. The molecular weight excluding hydrogens is 501 g/mol. The Labute approximate surface area is 208 Å². The van der Waals surface area contributed by atoms with Gasteiger partial charge < -0.3 is 19.9 Å². The fourth-order valence-electron chi connectivity index (χ4n) is 3.25. The standard InChI is InChI=1S/C20H27BCl4N2O5/c1-11(2)8-13(21-31-15(17(30)32-21)18(3,4)5)27-14(28)10-26-16(29)12-9-19(22,23)6-7-20(12,24)25/h6-7,9,11,13,15H,8,10H2,1-5H3,(H,26,29)(H,27,28)/t13?,15-/m1/s1. The van der Waals surface area contributed by atoms with E-state index >= 15 is 0 Å². The SMILES string of the molecule is CC(C)CC(NC(=O)CNC(=O)C1=CC(Cl)(Cl)C=CC1(Cl)Cl)B1OC(=O)[C@H](C(C)(C)C)O1. The van der Waals surface area contributed by atoms with Crippen molar-refractivity contribution in [3.8, 4) is 0 Å². The zero-order chi connectivity index (χ0) is 24.5. The minimum Gasteiger partial charge on any atom is -0.506 e. The van der Waals surface area contributed by atoms with Crippen molar-refractivity contribution in [2.45, 2.75) is 61.8 Å². The van der Waals surface area contributed by atoms with Gasteiger partial charge >= 0.3 is 13.1 Å². The number of alkyl halides is 4. The maximum Gasteiger partial charge on any atom is 0.552 e. The molecule has 0 saturated carbocycles. The number of hydrogen-bond acceptors (Lipinski definition) is 5. The highest BCUT2D eigenvalue weighted by Gasteiger charge is 2.50. The second kappa shape index (κ2) is 10.1. The van der Waals surface area contributed by atoms with Crippen LogP contribution in [0.2, 0.25) is 0 Å². The van der Waals surface area contributed by atoms with Crippen LogP contribution in [0.3, 0.4) is 0 Å². The van der Waals surface area contributed by atoms with E-state index in [4.69, 9.17) is 55.7 Å². The van der Waals surface area contributed by atoms with Gasteiger partial charge in [0.05, 0.1) is 18.1 Å². The third-order valence-corrected chi connectivity index (χ3v) is 5.90. The monoisotopic (exact) mass is 526 g/mol. The van der Waals surface area contributed by atoms with E-state index < -0.39 is 51.0 Å². The summed E-state index contributed by atoms with van der Waals surface area (Å²) in [5.74, 6) is -2.09. The van der Waals surface area contributed by atoms with Crippen LogP contribution in [-0.4, -0.2) is 52.2 Å². The van der Waals surface area contributed by atoms with Crippen LogP contribution in [0, 0.1) is 11.3 Å². The number of carbonyl (C=O) groups excluding carboxylic acids is 3. The second-order valence-corrected chi connectivity index (χ2v) is 12.2. The Kier molecular flexibility index (Phi) is 8.66. The Bertz CT molecular complexity index is 823. The Hall–Kier alpha value is -0.925. The Morgan fingerprint density at radius 1 is 1.19 bits per heavy atom. The zero-order valence-corrected chi connectivity index (χ0v) is 21.5. The van der Waals surface area contributed by atoms with Gasteiger partial charge in [-0.3, -0.25) is 14.4 Å². The molecule has 2 N–H and O–H groups in total. The number of rotatable bonds is 7. The summed E-state index contributed by atoms with van der Waals surface area (Å²) in [6.45, 7) is 9.16. The van der Waals surface area contributed by atoms with Crippen molar-refractivity contribution in [1.82, 2.24) is 10.6 Å². The van der Waals surface area contributed by atoms with Crippen molar-refractivity contribution in [1.29, 1.82) is 0 Å². The molecular formula is C20H27BCl4N2O5. The van der Waals surface area contributed by atoms with Crippen molar-refractivity contribution < 1.29 is 23.7 Å². The van der Waals surface area contributed by atoms with Gasteiger partial charge in [-0.15, -0.1) is 0 Å². The summed E-state index contributed by atoms with van der Waals surface area (Å²) >= 11 is 24.3. The van der Waals surface area contributed by atoms with Crippen molar-refractivity contribution in [2.75, 3.05) is 6.54 Å². The molecule has 178 valence electrons. The van der Waals surface area contributed by atoms with Gasteiger partial charge in [0.1, 0.15) is 6.10 Å². The number of nitrogens with one attached hydrogen (secondary N) is 2. The highest BCUT2D eigenvalue weighted by atomic mass is 35.5. The number of hydrogen-bond donors (Lipinski definition) is 2. The first-order valence-electron chi connectivity index (χ1n) is 10.1. The summed E-state index contributed by atoms with van der Waals surface area (Å²) in [5, 5.41) is 5.22. The highest BCUT2D eigenvalue weighted by molar-refractivity contribution is 6.56. The van der Waals surface area contributed by atoms with E-state index in [1.165, 1.54) is 18.2 Å². The van der Waals surface area contributed by atoms with E-state index in [2.05, 4.69) is 10.6 Å². The lowest BCUT2D eigenvalue weighted by atomic mass is 9.74. The van der Waals surface area contributed by atoms with Gasteiger partial charge in [0.2, 0.25) is 5.91 Å². The van der Waals surface area contributed by atoms with Crippen molar-refractivity contribution in [3.05, 3.63) is 23.8 Å². The van der Waals surface area contributed by atoms with Gasteiger partial charge in [-0.05, 0) is 36.0 Å². The molecule has 2 rings (SSSR count). The summed E-state index contributed by atoms with van der Waals surface area (Å²) in [5.41, 5.74) is -0.551. The molecule has 2 atom stereocenters. The van der Waals surface area contributed by atoms with Crippen LogP contribution in [0.25, 0.3) is 0 Å². The normalized spacial score (nSPS) is 22.9. The van der Waals surface area contributed by atoms with Gasteiger partial charge in [0.25, 0.3) is 5.91 Å². The molecule has 0 radical (unpaired) electrons. The quantitative estimate of drug-likeness (QED) is 0.300. The van der Waals surface area contributed by atoms with Gasteiger partial charge in [-0.25, -0.2) is 0 Å². The fraction of sp³-hybridized carbons (Fsp3) is 0.650. The second-order valence-electron chi connectivity index (χ2n) is 9.36. The van der Waals surface area contributed by atoms with Crippen LogP contribution < -0.4 is 10.6 Å². The molecule has 0 aromatic heterocycles. The average Bonchev–Trinajstić information content (AvgIpc) is 3.03. The zero-order valence-electron chi connectivity index (χ0n) is 18.5. The smallest absolute Gasteiger partial charge is 0.506 e. The van der Waals surface area contributed by atoms with Gasteiger partial charge in [-0.1, -0.05) is 81.0 Å². The average molecular weight is 528 g/mol. The lowest BCUT2D eigenvalue weighted by Gasteiger charge is -2.27. The lowest BCUT2D eigenvalue weighted by Crippen LogP contribution is -2.51. The minimum atomic E-state index is -1.64. The molecule has 12 heteroatoms. The molecule has 1 fully saturated rings. The van der Waals surface area contributed by atoms with Crippen LogP contribution in [0.4, 0.5) is 0 Å². The van der Waals surface area contributed by atoms with Crippen molar-refractivity contribution >= 4 is 71.3 Å². The molecule has 1 aliphatic carbocycles. The topological polar surface area (TPSA) is 93.7 Å². The Balaban J connectivity index is 2.02. The first-order chi connectivity index (χ1) is 14.5. The van der Waals surface area contributed by atoms with E-state index in [1.54, 1.807) is 0 Å². The maximum atomic E-state index is 12.6. The molecule has 1 heterocycles. The third kappa shape index (κ3) is 7.29. The minimum absolute atomic E-state index is 0.0964. The number of carbonyl (C=O) groups is 3. The molecule has 2 amide bonds. The Morgan fingerprint density at radius 3 is 2.34 bits per heavy atom. The Morgan fingerprint density at radius 2 is 1.81 bits per heavy atom.